The SMILES string of the molecule is O=[N+]([O-])c1ccc(N2CCOCC2)cc1OCCBr. The summed E-state index contributed by atoms with van der Waals surface area (Å²) in [6.45, 7) is 3.32. The molecule has 0 saturated carbocycles. The van der Waals surface area contributed by atoms with Crippen molar-refractivity contribution < 1.29 is 14.4 Å². The van der Waals surface area contributed by atoms with E-state index in [2.05, 4.69) is 20.8 Å². The van der Waals surface area contributed by atoms with E-state index in [0.717, 1.165) is 18.8 Å². The monoisotopic (exact) mass is 330 g/mol. The van der Waals surface area contributed by atoms with Crippen molar-refractivity contribution in [1.29, 1.82) is 0 Å². The van der Waals surface area contributed by atoms with Crippen molar-refractivity contribution >= 4 is 27.3 Å². The lowest BCUT2D eigenvalue weighted by atomic mass is 10.2. The van der Waals surface area contributed by atoms with Gasteiger partial charge < -0.3 is 14.4 Å². The van der Waals surface area contributed by atoms with Crippen LogP contribution in [0.25, 0.3) is 0 Å². The first kappa shape index (κ1) is 14.1. The molecule has 1 aromatic carbocycles. The van der Waals surface area contributed by atoms with Crippen LogP contribution in [0, 0.1) is 10.1 Å². The summed E-state index contributed by atoms with van der Waals surface area (Å²) in [6, 6.07) is 4.98. The van der Waals surface area contributed by atoms with Crippen LogP contribution in [-0.2, 0) is 4.74 Å². The van der Waals surface area contributed by atoms with Crippen LogP contribution in [0.3, 0.4) is 0 Å². The molecular weight excluding hydrogens is 316 g/mol. The second-order valence-electron chi connectivity index (χ2n) is 4.05. The summed E-state index contributed by atoms with van der Waals surface area (Å²) in [6.07, 6.45) is 0. The van der Waals surface area contributed by atoms with Crippen molar-refractivity contribution in [3.05, 3.63) is 28.3 Å². The molecule has 0 amide bonds. The molecule has 0 spiro atoms. The smallest absolute Gasteiger partial charge is 0.311 e. The average molecular weight is 331 g/mol. The lowest BCUT2D eigenvalue weighted by Crippen LogP contribution is -2.36. The van der Waals surface area contributed by atoms with Crippen LogP contribution in [0.1, 0.15) is 0 Å². The van der Waals surface area contributed by atoms with E-state index in [1.54, 1.807) is 12.1 Å². The van der Waals surface area contributed by atoms with Gasteiger partial charge in [-0.3, -0.25) is 10.1 Å². The van der Waals surface area contributed by atoms with Gasteiger partial charge in [0, 0.05) is 36.2 Å². The Morgan fingerprint density at radius 1 is 1.42 bits per heavy atom. The standard InChI is InChI=1S/C12H15BrN2O4/c13-3-6-19-12-9-10(1-2-11(12)15(16)17)14-4-7-18-8-5-14/h1-2,9H,3-8H2. The third-order valence-corrected chi connectivity index (χ3v) is 3.17. The molecular formula is C12H15BrN2O4. The van der Waals surface area contributed by atoms with Crippen molar-refractivity contribution in [1.82, 2.24) is 0 Å². The number of morpholine rings is 1. The summed E-state index contributed by atoms with van der Waals surface area (Å²) < 4.78 is 10.7. The molecule has 1 fully saturated rings. The minimum Gasteiger partial charge on any atom is -0.486 e. The molecule has 1 aliphatic heterocycles. The first-order valence-electron chi connectivity index (χ1n) is 6.02. The molecule has 104 valence electrons. The minimum atomic E-state index is -0.424. The topological polar surface area (TPSA) is 64.8 Å². The van der Waals surface area contributed by atoms with Crippen molar-refractivity contribution in [2.75, 3.05) is 43.1 Å². The zero-order valence-corrected chi connectivity index (χ0v) is 12.0. The lowest BCUT2D eigenvalue weighted by Gasteiger charge is -2.29. The van der Waals surface area contributed by atoms with Crippen molar-refractivity contribution in [2.45, 2.75) is 0 Å². The van der Waals surface area contributed by atoms with E-state index in [1.165, 1.54) is 6.07 Å². The molecule has 2 rings (SSSR count). The van der Waals surface area contributed by atoms with Crippen molar-refractivity contribution in [3.63, 3.8) is 0 Å². The maximum atomic E-state index is 11.0. The van der Waals surface area contributed by atoms with Crippen LogP contribution in [0.15, 0.2) is 18.2 Å². The number of rotatable bonds is 5. The Morgan fingerprint density at radius 2 is 2.16 bits per heavy atom. The quantitative estimate of drug-likeness (QED) is 0.470. The van der Waals surface area contributed by atoms with Gasteiger partial charge in [0.15, 0.2) is 5.75 Å². The molecule has 0 N–H and O–H groups in total. The summed E-state index contributed by atoms with van der Waals surface area (Å²) in [5.74, 6) is 0.313. The summed E-state index contributed by atoms with van der Waals surface area (Å²) in [7, 11) is 0. The number of halogens is 1. The maximum absolute atomic E-state index is 11.0. The van der Waals surface area contributed by atoms with Gasteiger partial charge in [0.1, 0.15) is 0 Å². The van der Waals surface area contributed by atoms with Gasteiger partial charge in [-0.15, -0.1) is 0 Å². The van der Waals surface area contributed by atoms with Crippen LogP contribution in [0.4, 0.5) is 11.4 Å². The van der Waals surface area contributed by atoms with E-state index in [9.17, 15) is 10.1 Å². The molecule has 0 bridgehead atoms. The fourth-order valence-corrected chi connectivity index (χ4v) is 2.10. The van der Waals surface area contributed by atoms with Gasteiger partial charge in [-0.2, -0.15) is 0 Å². The highest BCUT2D eigenvalue weighted by Gasteiger charge is 2.19. The maximum Gasteiger partial charge on any atom is 0.311 e. The Balaban J connectivity index is 2.23. The summed E-state index contributed by atoms with van der Waals surface area (Å²) in [5.41, 5.74) is 0.927. The fourth-order valence-electron chi connectivity index (χ4n) is 1.94. The van der Waals surface area contributed by atoms with Gasteiger partial charge in [-0.1, -0.05) is 15.9 Å². The number of anilines is 1. The lowest BCUT2D eigenvalue weighted by molar-refractivity contribution is -0.385. The van der Waals surface area contributed by atoms with Gasteiger partial charge in [0.05, 0.1) is 24.7 Å². The van der Waals surface area contributed by atoms with Crippen LogP contribution >= 0.6 is 15.9 Å². The molecule has 0 aliphatic carbocycles. The molecule has 0 unspecified atom stereocenters. The van der Waals surface area contributed by atoms with Crippen LogP contribution in [0.2, 0.25) is 0 Å². The molecule has 1 heterocycles. The van der Waals surface area contributed by atoms with Crippen molar-refractivity contribution in [2.24, 2.45) is 0 Å². The Hall–Kier alpha value is -1.34. The van der Waals surface area contributed by atoms with Gasteiger partial charge in [-0.25, -0.2) is 0 Å². The van der Waals surface area contributed by atoms with Gasteiger partial charge in [0.2, 0.25) is 0 Å². The number of nitro groups is 1. The Labute approximate surface area is 119 Å². The largest absolute Gasteiger partial charge is 0.486 e. The van der Waals surface area contributed by atoms with Crippen LogP contribution in [0.5, 0.6) is 5.75 Å². The Morgan fingerprint density at radius 3 is 2.79 bits per heavy atom. The minimum absolute atomic E-state index is 0.00189. The number of alkyl halides is 1. The summed E-state index contributed by atoms with van der Waals surface area (Å²) in [4.78, 5) is 12.7. The van der Waals surface area contributed by atoms with Crippen molar-refractivity contribution in [3.8, 4) is 5.75 Å². The van der Waals surface area contributed by atoms with E-state index >= 15 is 0 Å². The van der Waals surface area contributed by atoms with Gasteiger partial charge >= 0.3 is 5.69 Å². The second kappa shape index (κ2) is 6.72. The number of benzene rings is 1. The summed E-state index contributed by atoms with van der Waals surface area (Å²) >= 11 is 3.24. The highest BCUT2D eigenvalue weighted by molar-refractivity contribution is 9.09. The van der Waals surface area contributed by atoms with Crippen LogP contribution < -0.4 is 9.64 Å². The second-order valence-corrected chi connectivity index (χ2v) is 4.84. The Kier molecular flexibility index (Phi) is 4.98. The average Bonchev–Trinajstić information content (AvgIpc) is 2.45. The number of hydrogen-bond acceptors (Lipinski definition) is 5. The Bertz CT molecular complexity index is 449. The molecule has 0 atom stereocenters. The molecule has 0 radical (unpaired) electrons. The van der Waals surface area contributed by atoms with E-state index in [0.29, 0.717) is 30.9 Å². The molecule has 1 aliphatic rings. The van der Waals surface area contributed by atoms with E-state index in [-0.39, 0.29) is 5.69 Å². The molecule has 1 saturated heterocycles. The molecule has 6 nitrogen and oxygen atoms in total. The zero-order valence-electron chi connectivity index (χ0n) is 10.4. The number of hydrogen-bond donors (Lipinski definition) is 0. The van der Waals surface area contributed by atoms with Gasteiger partial charge in [0.25, 0.3) is 0 Å². The number of nitro benzene ring substituents is 1. The van der Waals surface area contributed by atoms with E-state index < -0.39 is 4.92 Å². The first-order chi connectivity index (χ1) is 9.22. The summed E-state index contributed by atoms with van der Waals surface area (Å²) in [5, 5.41) is 11.6. The molecule has 1 aromatic rings. The predicted molar refractivity (Wildman–Crippen MR) is 75.4 cm³/mol. The molecule has 19 heavy (non-hydrogen) atoms. The highest BCUT2D eigenvalue weighted by atomic mass is 79.9. The van der Waals surface area contributed by atoms with E-state index in [1.807, 2.05) is 0 Å². The molecule has 7 heteroatoms. The third-order valence-electron chi connectivity index (χ3n) is 2.85. The third kappa shape index (κ3) is 3.57. The van der Waals surface area contributed by atoms with Gasteiger partial charge in [-0.05, 0) is 6.07 Å². The number of nitrogens with zero attached hydrogens (tertiary/aromatic N) is 2. The molecule has 0 aromatic heterocycles. The predicted octanol–water partition coefficient (Wildman–Crippen LogP) is 2.21. The normalized spacial score (nSPS) is 15.3. The zero-order chi connectivity index (χ0) is 13.7. The first-order valence-corrected chi connectivity index (χ1v) is 7.14. The number of ether oxygens (including phenoxy) is 2. The van der Waals surface area contributed by atoms with E-state index in [4.69, 9.17) is 9.47 Å². The highest BCUT2D eigenvalue weighted by Crippen LogP contribution is 2.32. The fraction of sp³-hybridized carbons (Fsp3) is 0.500. The van der Waals surface area contributed by atoms with Crippen LogP contribution in [-0.4, -0.2) is 43.2 Å².